The van der Waals surface area contributed by atoms with E-state index < -0.39 is 46.7 Å². The molecular formula is C29H38F2N4O5. The summed E-state index contributed by atoms with van der Waals surface area (Å²) in [5.41, 5.74) is 0.734. The van der Waals surface area contributed by atoms with Crippen molar-refractivity contribution in [1.29, 1.82) is 0 Å². The molecule has 218 valence electrons. The molecule has 4 rings (SSSR count). The van der Waals surface area contributed by atoms with Crippen molar-refractivity contribution in [2.45, 2.75) is 83.0 Å². The van der Waals surface area contributed by atoms with Gasteiger partial charge in [0.1, 0.15) is 5.69 Å². The van der Waals surface area contributed by atoms with Crippen molar-refractivity contribution in [3.8, 4) is 0 Å². The molecule has 2 heterocycles. The molecule has 0 saturated carbocycles. The van der Waals surface area contributed by atoms with Crippen molar-refractivity contribution in [2.24, 2.45) is 0 Å². The third-order valence-corrected chi connectivity index (χ3v) is 7.54. The fourth-order valence-corrected chi connectivity index (χ4v) is 5.46. The quantitative estimate of drug-likeness (QED) is 0.363. The summed E-state index contributed by atoms with van der Waals surface area (Å²) in [5.74, 6) is -2.57. The summed E-state index contributed by atoms with van der Waals surface area (Å²) in [6.45, 7) is 9.58. The normalized spacial score (nSPS) is 20.9. The number of nitrogens with one attached hydrogen (secondary N) is 3. The van der Waals surface area contributed by atoms with Crippen LogP contribution in [0.4, 0.5) is 19.3 Å². The molecule has 1 aliphatic heterocycles. The summed E-state index contributed by atoms with van der Waals surface area (Å²) in [6, 6.07) is 2.19. The Labute approximate surface area is 232 Å². The number of hydrogen-bond donors (Lipinski definition) is 5. The monoisotopic (exact) mass is 560 g/mol. The Balaban J connectivity index is 1.62. The average molecular weight is 561 g/mol. The summed E-state index contributed by atoms with van der Waals surface area (Å²) in [5, 5.41) is 29.1. The molecule has 2 aromatic rings. The number of rotatable bonds is 6. The molecule has 1 unspecified atom stereocenters. The van der Waals surface area contributed by atoms with Crippen LogP contribution in [-0.2, 0) is 10.2 Å². The zero-order valence-electron chi connectivity index (χ0n) is 23.5. The van der Waals surface area contributed by atoms with Crippen LogP contribution in [0.2, 0.25) is 0 Å². The van der Waals surface area contributed by atoms with Gasteiger partial charge in [0.25, 0.3) is 5.91 Å². The molecule has 0 spiro atoms. The lowest BCUT2D eigenvalue weighted by atomic mass is 9.69. The van der Waals surface area contributed by atoms with Crippen molar-refractivity contribution in [2.75, 3.05) is 25.1 Å². The number of amides is 3. The fourth-order valence-electron chi connectivity index (χ4n) is 5.46. The molecule has 0 radical (unpaired) electrons. The zero-order chi connectivity index (χ0) is 29.4. The summed E-state index contributed by atoms with van der Waals surface area (Å²) >= 11 is 0. The highest BCUT2D eigenvalue weighted by Gasteiger charge is 2.40. The highest BCUT2D eigenvalue weighted by atomic mass is 19.2. The molecule has 1 fully saturated rings. The van der Waals surface area contributed by atoms with Crippen LogP contribution >= 0.6 is 0 Å². The van der Waals surface area contributed by atoms with Gasteiger partial charge < -0.3 is 30.9 Å². The maximum atomic E-state index is 14.2. The number of halogens is 2. The number of aliphatic hydroxyl groups excluding tert-OH is 1. The highest BCUT2D eigenvalue weighted by molar-refractivity contribution is 5.95. The lowest BCUT2D eigenvalue weighted by Gasteiger charge is -2.40. The van der Waals surface area contributed by atoms with Crippen LogP contribution in [0.1, 0.15) is 91.8 Å². The number of fused-ring (bicyclic) bond motifs is 1. The molecule has 1 saturated heterocycles. The Morgan fingerprint density at radius 2 is 1.80 bits per heavy atom. The van der Waals surface area contributed by atoms with Crippen LogP contribution in [0.5, 0.6) is 0 Å². The lowest BCUT2D eigenvalue weighted by Crippen LogP contribution is -2.45. The van der Waals surface area contributed by atoms with Gasteiger partial charge in [-0.15, -0.1) is 0 Å². The first kappa shape index (κ1) is 29.8. The Morgan fingerprint density at radius 1 is 1.15 bits per heavy atom. The Bertz CT molecular complexity index is 1290. The minimum absolute atomic E-state index is 0.0362. The van der Waals surface area contributed by atoms with E-state index in [1.165, 1.54) is 0 Å². The van der Waals surface area contributed by atoms with E-state index in [2.05, 4.69) is 20.9 Å². The van der Waals surface area contributed by atoms with Crippen LogP contribution in [0.15, 0.2) is 18.2 Å². The first-order valence-electron chi connectivity index (χ1n) is 13.5. The third kappa shape index (κ3) is 6.59. The van der Waals surface area contributed by atoms with Gasteiger partial charge in [0.15, 0.2) is 11.6 Å². The van der Waals surface area contributed by atoms with Gasteiger partial charge >= 0.3 is 6.03 Å². The fraction of sp³-hybridized carbons (Fsp3) is 0.552. The molecule has 2 atom stereocenters. The Kier molecular flexibility index (Phi) is 8.49. The molecule has 1 aliphatic carbocycles. The van der Waals surface area contributed by atoms with Crippen molar-refractivity contribution in [1.82, 2.24) is 15.6 Å². The number of benzene rings is 1. The molecule has 0 bridgehead atoms. The first-order valence-corrected chi connectivity index (χ1v) is 13.5. The van der Waals surface area contributed by atoms with E-state index in [1.807, 2.05) is 13.8 Å². The number of carbonyl (C=O) groups excluding carboxylic acids is 2. The Morgan fingerprint density at radius 3 is 2.45 bits per heavy atom. The van der Waals surface area contributed by atoms with Crippen molar-refractivity contribution < 1.29 is 33.3 Å². The number of hydrogen-bond acceptors (Lipinski definition) is 6. The predicted molar refractivity (Wildman–Crippen MR) is 145 cm³/mol. The number of carbonyl (C=O) groups is 2. The number of aromatic nitrogens is 1. The molecule has 1 aromatic heterocycles. The van der Waals surface area contributed by atoms with E-state index in [-0.39, 0.29) is 24.6 Å². The molecule has 40 heavy (non-hydrogen) atoms. The molecule has 9 nitrogen and oxygen atoms in total. The van der Waals surface area contributed by atoms with Crippen LogP contribution < -0.4 is 16.0 Å². The van der Waals surface area contributed by atoms with Gasteiger partial charge in [0, 0.05) is 25.7 Å². The van der Waals surface area contributed by atoms with Gasteiger partial charge in [-0.05, 0) is 80.3 Å². The SMILES string of the molecule is Cc1cc(NC(=O)NC2c3cc(F)c(F)cc3C(C)(C)C[C@H]2O)c(C2CCOCC2)nc1C(=O)NCC(C)(C)O. The Hall–Kier alpha value is -3.15. The van der Waals surface area contributed by atoms with Crippen LogP contribution in [0.25, 0.3) is 0 Å². The standard InChI is InChI=1S/C29H38F2N4O5/c1-15-10-21(24(16-6-8-40-9-7-16)34-23(15)26(37)32-14-29(4,5)39)33-27(38)35-25-17-11-19(30)20(31)12-18(17)28(2,3)13-22(25)36/h10-12,16,22,25,36,39H,6-9,13-14H2,1-5H3,(H,32,37)(H2,33,35,38)/t22-,25?/m1/s1. The van der Waals surface area contributed by atoms with E-state index in [9.17, 15) is 28.6 Å². The summed E-state index contributed by atoms with van der Waals surface area (Å²) in [4.78, 5) is 30.8. The summed E-state index contributed by atoms with van der Waals surface area (Å²) < 4.78 is 33.8. The van der Waals surface area contributed by atoms with E-state index in [0.29, 0.717) is 54.1 Å². The first-order chi connectivity index (χ1) is 18.7. The third-order valence-electron chi connectivity index (χ3n) is 7.54. The molecule has 3 amide bonds. The van der Waals surface area contributed by atoms with E-state index in [1.54, 1.807) is 26.8 Å². The van der Waals surface area contributed by atoms with E-state index >= 15 is 0 Å². The van der Waals surface area contributed by atoms with Gasteiger partial charge in [-0.2, -0.15) is 0 Å². The van der Waals surface area contributed by atoms with Crippen molar-refractivity contribution in [3.63, 3.8) is 0 Å². The van der Waals surface area contributed by atoms with Gasteiger partial charge in [0.05, 0.1) is 29.1 Å². The number of anilines is 1. The summed E-state index contributed by atoms with van der Waals surface area (Å²) in [7, 11) is 0. The van der Waals surface area contributed by atoms with Crippen molar-refractivity contribution in [3.05, 3.63) is 57.9 Å². The van der Waals surface area contributed by atoms with Crippen LogP contribution in [0, 0.1) is 18.6 Å². The van der Waals surface area contributed by atoms with Crippen LogP contribution in [0.3, 0.4) is 0 Å². The topological polar surface area (TPSA) is 133 Å². The molecular weight excluding hydrogens is 522 g/mol. The van der Waals surface area contributed by atoms with E-state index in [0.717, 1.165) is 12.1 Å². The van der Waals surface area contributed by atoms with Crippen molar-refractivity contribution >= 4 is 17.6 Å². The molecule has 5 N–H and O–H groups in total. The minimum atomic E-state index is -1.10. The minimum Gasteiger partial charge on any atom is -0.391 e. The predicted octanol–water partition coefficient (Wildman–Crippen LogP) is 3.97. The number of nitrogens with zero attached hydrogens (tertiary/aromatic N) is 1. The number of pyridine rings is 1. The summed E-state index contributed by atoms with van der Waals surface area (Å²) in [6.07, 6.45) is 0.491. The van der Waals surface area contributed by atoms with Gasteiger partial charge in [-0.1, -0.05) is 13.8 Å². The second-order valence-electron chi connectivity index (χ2n) is 12.1. The van der Waals surface area contributed by atoms with Gasteiger partial charge in [0.2, 0.25) is 0 Å². The molecule has 11 heteroatoms. The number of aryl methyl sites for hydroxylation is 1. The smallest absolute Gasteiger partial charge is 0.319 e. The maximum absolute atomic E-state index is 14.2. The van der Waals surface area contributed by atoms with Gasteiger partial charge in [-0.25, -0.2) is 18.6 Å². The number of aliphatic hydroxyl groups is 2. The second kappa shape index (κ2) is 11.4. The zero-order valence-corrected chi connectivity index (χ0v) is 23.5. The largest absolute Gasteiger partial charge is 0.391 e. The van der Waals surface area contributed by atoms with E-state index in [4.69, 9.17) is 4.74 Å². The molecule has 2 aliphatic rings. The van der Waals surface area contributed by atoms with Gasteiger partial charge in [-0.3, -0.25) is 4.79 Å². The highest BCUT2D eigenvalue weighted by Crippen LogP contribution is 2.42. The lowest BCUT2D eigenvalue weighted by molar-refractivity contribution is 0.0690. The van der Waals surface area contributed by atoms with Crippen LogP contribution in [-0.4, -0.2) is 58.6 Å². The number of urea groups is 1. The maximum Gasteiger partial charge on any atom is 0.319 e. The number of ether oxygens (including phenoxy) is 1. The second-order valence-corrected chi connectivity index (χ2v) is 12.1. The average Bonchev–Trinajstić information content (AvgIpc) is 2.86. The molecule has 1 aromatic carbocycles.